The molecule has 0 heterocycles. The topological polar surface area (TPSA) is 46.2 Å². The molecular formula is C16H23NO2S. The Morgan fingerprint density at radius 3 is 1.95 bits per heavy atom. The molecule has 1 unspecified atom stereocenters. The minimum Gasteiger partial charge on any atom is -0.307 e. The smallest absolute Gasteiger partial charge is 0.175 e. The molecule has 1 aromatic carbocycles. The minimum absolute atomic E-state index is 0.287. The molecule has 0 radical (unpaired) electrons. The Morgan fingerprint density at radius 2 is 1.55 bits per heavy atom. The molecule has 0 saturated heterocycles. The molecule has 3 nitrogen and oxygen atoms in total. The normalized spacial score (nSPS) is 21.1. The van der Waals surface area contributed by atoms with Crippen molar-refractivity contribution >= 4 is 9.84 Å². The zero-order chi connectivity index (χ0) is 14.3. The Hall–Kier alpha value is -0.870. The van der Waals surface area contributed by atoms with Gasteiger partial charge in [-0.05, 0) is 62.1 Å². The van der Waals surface area contributed by atoms with Gasteiger partial charge >= 0.3 is 0 Å². The third-order valence-corrected chi connectivity index (χ3v) is 5.64. The summed E-state index contributed by atoms with van der Waals surface area (Å²) in [6.07, 6.45) is 6.73. The SMILES string of the molecule is CC(NC(C1CC1)C1CC1)c1ccc(S(C)(=O)=O)cc1. The number of hydrogen-bond acceptors (Lipinski definition) is 3. The van der Waals surface area contributed by atoms with Crippen molar-refractivity contribution in [3.05, 3.63) is 29.8 Å². The monoisotopic (exact) mass is 293 g/mol. The summed E-state index contributed by atoms with van der Waals surface area (Å²) in [7, 11) is -3.10. The van der Waals surface area contributed by atoms with Crippen LogP contribution in [-0.4, -0.2) is 20.7 Å². The third kappa shape index (κ3) is 3.23. The van der Waals surface area contributed by atoms with Gasteiger partial charge in [0.15, 0.2) is 9.84 Å². The highest BCUT2D eigenvalue weighted by Crippen LogP contribution is 2.45. The van der Waals surface area contributed by atoms with Crippen LogP contribution < -0.4 is 5.32 Å². The van der Waals surface area contributed by atoms with Crippen LogP contribution in [0.3, 0.4) is 0 Å². The van der Waals surface area contributed by atoms with Crippen molar-refractivity contribution in [3.8, 4) is 0 Å². The van der Waals surface area contributed by atoms with Gasteiger partial charge in [0.1, 0.15) is 0 Å². The second kappa shape index (κ2) is 5.15. The number of nitrogens with one attached hydrogen (secondary N) is 1. The molecule has 2 saturated carbocycles. The molecular weight excluding hydrogens is 270 g/mol. The van der Waals surface area contributed by atoms with E-state index >= 15 is 0 Å². The molecule has 2 aliphatic carbocycles. The maximum atomic E-state index is 11.5. The van der Waals surface area contributed by atoms with Crippen LogP contribution in [0.1, 0.15) is 44.2 Å². The molecule has 20 heavy (non-hydrogen) atoms. The fourth-order valence-corrected chi connectivity index (χ4v) is 3.59. The molecule has 2 fully saturated rings. The summed E-state index contributed by atoms with van der Waals surface area (Å²) in [6.45, 7) is 2.17. The van der Waals surface area contributed by atoms with E-state index in [4.69, 9.17) is 0 Å². The molecule has 0 bridgehead atoms. The van der Waals surface area contributed by atoms with E-state index in [-0.39, 0.29) is 6.04 Å². The Balaban J connectivity index is 1.68. The molecule has 2 aliphatic rings. The largest absolute Gasteiger partial charge is 0.307 e. The first-order valence-corrected chi connectivity index (χ1v) is 9.40. The van der Waals surface area contributed by atoms with Crippen molar-refractivity contribution in [2.75, 3.05) is 6.26 Å². The maximum Gasteiger partial charge on any atom is 0.175 e. The Bertz CT molecular complexity index is 559. The molecule has 0 aromatic heterocycles. The lowest BCUT2D eigenvalue weighted by Crippen LogP contribution is -2.35. The van der Waals surface area contributed by atoms with Gasteiger partial charge in [-0.15, -0.1) is 0 Å². The molecule has 110 valence electrons. The zero-order valence-electron chi connectivity index (χ0n) is 12.2. The molecule has 1 N–H and O–H groups in total. The van der Waals surface area contributed by atoms with Gasteiger partial charge in [-0.1, -0.05) is 12.1 Å². The summed E-state index contributed by atoms with van der Waals surface area (Å²) >= 11 is 0. The highest BCUT2D eigenvalue weighted by Gasteiger charge is 2.41. The van der Waals surface area contributed by atoms with Gasteiger partial charge in [-0.3, -0.25) is 0 Å². The van der Waals surface area contributed by atoms with Gasteiger partial charge in [-0.25, -0.2) is 8.42 Å². The average Bonchev–Trinajstić information content (AvgIpc) is 3.28. The van der Waals surface area contributed by atoms with Gasteiger partial charge < -0.3 is 5.32 Å². The second-order valence-corrected chi connectivity index (χ2v) is 8.45. The van der Waals surface area contributed by atoms with Crippen LogP contribution in [0.15, 0.2) is 29.2 Å². The first-order valence-electron chi connectivity index (χ1n) is 7.51. The van der Waals surface area contributed by atoms with Gasteiger partial charge in [-0.2, -0.15) is 0 Å². The van der Waals surface area contributed by atoms with E-state index in [1.54, 1.807) is 12.1 Å². The van der Waals surface area contributed by atoms with Crippen LogP contribution in [0.4, 0.5) is 0 Å². The van der Waals surface area contributed by atoms with Crippen LogP contribution in [-0.2, 0) is 9.84 Å². The molecule has 0 amide bonds. The van der Waals surface area contributed by atoms with Crippen LogP contribution in [0.5, 0.6) is 0 Å². The summed E-state index contributed by atoms with van der Waals surface area (Å²) in [5.74, 6) is 1.75. The van der Waals surface area contributed by atoms with Crippen LogP contribution in [0, 0.1) is 11.8 Å². The quantitative estimate of drug-likeness (QED) is 0.877. The van der Waals surface area contributed by atoms with Crippen molar-refractivity contribution in [3.63, 3.8) is 0 Å². The van der Waals surface area contributed by atoms with Gasteiger partial charge in [0.05, 0.1) is 4.90 Å². The lowest BCUT2D eigenvalue weighted by atomic mass is 10.0. The van der Waals surface area contributed by atoms with Gasteiger partial charge in [0, 0.05) is 18.3 Å². The molecule has 1 atom stereocenters. The van der Waals surface area contributed by atoms with Gasteiger partial charge in [0.2, 0.25) is 0 Å². The first kappa shape index (κ1) is 14.1. The van der Waals surface area contributed by atoms with Crippen LogP contribution in [0.2, 0.25) is 0 Å². The summed E-state index contributed by atoms with van der Waals surface area (Å²) in [5, 5.41) is 3.77. The van der Waals surface area contributed by atoms with E-state index in [1.165, 1.54) is 37.5 Å². The number of benzene rings is 1. The van der Waals surface area contributed by atoms with Crippen molar-refractivity contribution in [2.24, 2.45) is 11.8 Å². The predicted molar refractivity (Wildman–Crippen MR) is 80.3 cm³/mol. The van der Waals surface area contributed by atoms with E-state index in [0.717, 1.165) is 11.8 Å². The number of hydrogen-bond donors (Lipinski definition) is 1. The minimum atomic E-state index is -3.10. The Labute approximate surface area is 121 Å². The second-order valence-electron chi connectivity index (χ2n) is 6.43. The van der Waals surface area contributed by atoms with Crippen LogP contribution in [0.25, 0.3) is 0 Å². The fraction of sp³-hybridized carbons (Fsp3) is 0.625. The summed E-state index contributed by atoms with van der Waals surface area (Å²) in [5.41, 5.74) is 1.17. The molecule has 0 aliphatic heterocycles. The van der Waals surface area contributed by atoms with Crippen molar-refractivity contribution < 1.29 is 8.42 Å². The third-order valence-electron chi connectivity index (χ3n) is 4.51. The highest BCUT2D eigenvalue weighted by atomic mass is 32.2. The van der Waals surface area contributed by atoms with Crippen molar-refractivity contribution in [2.45, 2.75) is 49.6 Å². The zero-order valence-corrected chi connectivity index (χ0v) is 13.0. The molecule has 0 spiro atoms. The standard InChI is InChI=1S/C16H23NO2S/c1-11(17-16(13-3-4-13)14-5-6-14)12-7-9-15(10-8-12)20(2,18)19/h7-11,13-14,16-17H,3-6H2,1-2H3. The average molecular weight is 293 g/mol. The molecule has 1 aromatic rings. The maximum absolute atomic E-state index is 11.5. The summed E-state index contributed by atoms with van der Waals surface area (Å²) < 4.78 is 22.9. The Kier molecular flexibility index (Phi) is 3.63. The van der Waals surface area contributed by atoms with Crippen molar-refractivity contribution in [1.82, 2.24) is 5.32 Å². The molecule has 4 heteroatoms. The highest BCUT2D eigenvalue weighted by molar-refractivity contribution is 7.90. The number of rotatable bonds is 6. The summed E-state index contributed by atoms with van der Waals surface area (Å²) in [6, 6.07) is 8.25. The van der Waals surface area contributed by atoms with Gasteiger partial charge in [0.25, 0.3) is 0 Å². The summed E-state index contributed by atoms with van der Waals surface area (Å²) in [4.78, 5) is 0.398. The lowest BCUT2D eigenvalue weighted by Gasteiger charge is -2.23. The predicted octanol–water partition coefficient (Wildman–Crippen LogP) is 2.93. The molecule has 3 rings (SSSR count). The van der Waals surface area contributed by atoms with Crippen LogP contribution >= 0.6 is 0 Å². The van der Waals surface area contributed by atoms with E-state index in [2.05, 4.69) is 12.2 Å². The Morgan fingerprint density at radius 1 is 1.05 bits per heavy atom. The van der Waals surface area contributed by atoms with E-state index < -0.39 is 9.84 Å². The van der Waals surface area contributed by atoms with Crippen molar-refractivity contribution in [1.29, 1.82) is 0 Å². The first-order chi connectivity index (χ1) is 9.45. The lowest BCUT2D eigenvalue weighted by molar-refractivity contribution is 0.377. The van der Waals surface area contributed by atoms with E-state index in [9.17, 15) is 8.42 Å². The van der Waals surface area contributed by atoms with E-state index in [0.29, 0.717) is 10.9 Å². The number of sulfone groups is 1. The van der Waals surface area contributed by atoms with E-state index in [1.807, 2.05) is 12.1 Å². The fourth-order valence-electron chi connectivity index (χ4n) is 2.96.